The Hall–Kier alpha value is -7.50. The van der Waals surface area contributed by atoms with Crippen LogP contribution >= 0.6 is 0 Å². The minimum absolute atomic E-state index is 0.221. The summed E-state index contributed by atoms with van der Waals surface area (Å²) in [5.41, 5.74) is 36.7. The van der Waals surface area contributed by atoms with Crippen LogP contribution in [0.5, 0.6) is 0 Å². The third-order valence-electron chi connectivity index (χ3n) is 9.55. The SMILES string of the molecule is Cc1ccc(S(=O)(=O)c2ccc(N)cc2)cc1.Nc1ccc(N)c2c1C(=O)c1ccccc1C2=O.Nc1ccc2c(c1)nc(-c1ccccc1)c1cc(N)ccc12. The van der Waals surface area contributed by atoms with E-state index in [1.54, 1.807) is 72.8 Å². The van der Waals surface area contributed by atoms with Crippen molar-refractivity contribution >= 4 is 71.5 Å². The predicted octanol–water partition coefficient (Wildman–Crippen LogP) is 8.26. The molecule has 0 radical (unpaired) electrons. The van der Waals surface area contributed by atoms with E-state index < -0.39 is 9.84 Å². The number of carbonyl (C=O) groups is 2. The molecule has 1 aliphatic carbocycles. The molecule has 1 aliphatic rings. The van der Waals surface area contributed by atoms with Crippen LogP contribution in [-0.2, 0) is 9.84 Å². The highest BCUT2D eigenvalue weighted by atomic mass is 32.2. The average molecular weight is 771 g/mol. The van der Waals surface area contributed by atoms with E-state index in [1.165, 1.54) is 12.1 Å². The van der Waals surface area contributed by atoms with Crippen molar-refractivity contribution in [2.75, 3.05) is 28.7 Å². The van der Waals surface area contributed by atoms with Crippen LogP contribution in [0.25, 0.3) is 32.9 Å². The lowest BCUT2D eigenvalue weighted by atomic mass is 9.82. The van der Waals surface area contributed by atoms with E-state index in [4.69, 9.17) is 33.7 Å². The summed E-state index contributed by atoms with van der Waals surface area (Å²) in [5, 5.41) is 3.28. The molecule has 11 heteroatoms. The second-order valence-electron chi connectivity index (χ2n) is 13.5. The Balaban J connectivity index is 0.000000132. The number of nitrogens with zero attached hydrogens (tertiary/aromatic N) is 1. The lowest BCUT2D eigenvalue weighted by Gasteiger charge is -2.20. The maximum atomic E-state index is 12.3. The summed E-state index contributed by atoms with van der Waals surface area (Å²) in [6.07, 6.45) is 0. The van der Waals surface area contributed by atoms with Gasteiger partial charge in [0.1, 0.15) is 0 Å². The molecule has 0 fully saturated rings. The van der Waals surface area contributed by atoms with Crippen molar-refractivity contribution in [2.24, 2.45) is 0 Å². The van der Waals surface area contributed by atoms with Gasteiger partial charge in [-0.2, -0.15) is 0 Å². The Morgan fingerprint density at radius 1 is 0.474 bits per heavy atom. The number of sulfone groups is 1. The molecule has 1 heterocycles. The number of pyridine rings is 1. The Kier molecular flexibility index (Phi) is 10.2. The van der Waals surface area contributed by atoms with Crippen molar-refractivity contribution in [3.8, 4) is 11.3 Å². The normalized spacial score (nSPS) is 11.8. The zero-order valence-corrected chi connectivity index (χ0v) is 31.6. The van der Waals surface area contributed by atoms with Crippen LogP contribution in [0.15, 0.2) is 161 Å². The van der Waals surface area contributed by atoms with Gasteiger partial charge in [0.2, 0.25) is 9.84 Å². The summed E-state index contributed by atoms with van der Waals surface area (Å²) in [6.45, 7) is 1.92. The minimum atomic E-state index is -3.43. The number of hydrogen-bond acceptors (Lipinski definition) is 10. The Morgan fingerprint density at radius 2 is 0.947 bits per heavy atom. The molecule has 0 unspecified atom stereocenters. The van der Waals surface area contributed by atoms with Gasteiger partial charge in [-0.1, -0.05) is 84.4 Å². The number of aromatic nitrogens is 1. The molecule has 282 valence electrons. The maximum Gasteiger partial charge on any atom is 0.206 e. The summed E-state index contributed by atoms with van der Waals surface area (Å²) in [6, 6.07) is 44.7. The van der Waals surface area contributed by atoms with Gasteiger partial charge in [0.15, 0.2) is 11.6 Å². The standard InChI is InChI=1S/C19H15N3.C14H10N2O2.C13H13NO2S/c20-13-6-8-15-16-9-7-14(21)11-18(16)22-19(17(15)10-13)12-4-2-1-3-5-12;15-9-5-6-10(16)12-11(9)13(17)7-3-1-2-4-8(7)14(12)18;1-10-2-6-12(7-3-10)17(15,16)13-8-4-11(14)5-9-13/h1-11H,20-21H2;1-6H,15-16H2;2-9H,14H2,1H3. The highest BCUT2D eigenvalue weighted by Crippen LogP contribution is 2.35. The van der Waals surface area contributed by atoms with Gasteiger partial charge in [-0.15, -0.1) is 0 Å². The van der Waals surface area contributed by atoms with E-state index in [0.29, 0.717) is 27.4 Å². The van der Waals surface area contributed by atoms with Crippen molar-refractivity contribution in [1.82, 2.24) is 4.98 Å². The summed E-state index contributed by atoms with van der Waals surface area (Å²) >= 11 is 0. The van der Waals surface area contributed by atoms with E-state index in [0.717, 1.165) is 44.2 Å². The molecule has 10 N–H and O–H groups in total. The van der Waals surface area contributed by atoms with Gasteiger partial charge in [-0.3, -0.25) is 9.59 Å². The third kappa shape index (κ3) is 7.47. The zero-order valence-electron chi connectivity index (χ0n) is 30.8. The number of hydrogen-bond donors (Lipinski definition) is 5. The fourth-order valence-corrected chi connectivity index (χ4v) is 7.89. The van der Waals surface area contributed by atoms with E-state index in [2.05, 4.69) is 18.2 Å². The van der Waals surface area contributed by atoms with E-state index in [-0.39, 0.29) is 39.0 Å². The molecule has 1 aromatic heterocycles. The maximum absolute atomic E-state index is 12.3. The lowest BCUT2D eigenvalue weighted by Crippen LogP contribution is -2.23. The molecule has 0 saturated carbocycles. The number of rotatable bonds is 3. The van der Waals surface area contributed by atoms with Crippen molar-refractivity contribution in [1.29, 1.82) is 0 Å². The van der Waals surface area contributed by atoms with E-state index >= 15 is 0 Å². The number of nitrogens with two attached hydrogens (primary N) is 5. The van der Waals surface area contributed by atoms with Crippen LogP contribution in [0.1, 0.15) is 37.4 Å². The molecule has 57 heavy (non-hydrogen) atoms. The highest BCUT2D eigenvalue weighted by molar-refractivity contribution is 7.91. The Bertz CT molecular complexity index is 2840. The zero-order chi connectivity index (χ0) is 40.4. The van der Waals surface area contributed by atoms with Crippen LogP contribution in [0, 0.1) is 6.92 Å². The molecule has 8 aromatic rings. The third-order valence-corrected chi connectivity index (χ3v) is 11.3. The van der Waals surface area contributed by atoms with Crippen LogP contribution < -0.4 is 28.7 Å². The summed E-state index contributed by atoms with van der Waals surface area (Å²) in [7, 11) is -3.43. The van der Waals surface area contributed by atoms with E-state index in [9.17, 15) is 18.0 Å². The molecule has 0 amide bonds. The van der Waals surface area contributed by atoms with Crippen molar-refractivity contribution in [2.45, 2.75) is 16.7 Å². The molecule has 10 nitrogen and oxygen atoms in total. The van der Waals surface area contributed by atoms with Crippen molar-refractivity contribution < 1.29 is 18.0 Å². The minimum Gasteiger partial charge on any atom is -0.399 e. The number of anilines is 5. The second-order valence-corrected chi connectivity index (χ2v) is 15.4. The summed E-state index contributed by atoms with van der Waals surface area (Å²) in [5.74, 6) is -0.491. The van der Waals surface area contributed by atoms with Gasteiger partial charge in [-0.25, -0.2) is 13.4 Å². The number of benzene rings is 7. The molecule has 0 saturated heterocycles. The first kappa shape index (κ1) is 37.8. The first-order valence-electron chi connectivity index (χ1n) is 17.8. The number of carbonyl (C=O) groups excluding carboxylic acids is 2. The lowest BCUT2D eigenvalue weighted by molar-refractivity contribution is 0.0980. The number of ketones is 2. The molecule has 0 atom stereocenters. The largest absolute Gasteiger partial charge is 0.399 e. The van der Waals surface area contributed by atoms with Gasteiger partial charge in [0.05, 0.1) is 32.1 Å². The van der Waals surface area contributed by atoms with Gasteiger partial charge in [-0.05, 0) is 85.1 Å². The molecule has 7 aromatic carbocycles. The predicted molar refractivity (Wildman–Crippen MR) is 230 cm³/mol. The van der Waals surface area contributed by atoms with Crippen molar-refractivity contribution in [3.63, 3.8) is 0 Å². The van der Waals surface area contributed by atoms with Crippen LogP contribution in [0.3, 0.4) is 0 Å². The van der Waals surface area contributed by atoms with E-state index in [1.807, 2.05) is 55.5 Å². The van der Waals surface area contributed by atoms with Gasteiger partial charge in [0, 0.05) is 55.9 Å². The quantitative estimate of drug-likeness (QED) is 0.0857. The van der Waals surface area contributed by atoms with Crippen molar-refractivity contribution in [3.05, 3.63) is 179 Å². The first-order chi connectivity index (χ1) is 27.3. The Morgan fingerprint density at radius 3 is 1.51 bits per heavy atom. The molecule has 0 bridgehead atoms. The van der Waals surface area contributed by atoms with Gasteiger partial charge < -0.3 is 28.7 Å². The number of aryl methyl sites for hydroxylation is 1. The fraction of sp³-hybridized carbons (Fsp3) is 0.0217. The van der Waals surface area contributed by atoms with Crippen LogP contribution in [-0.4, -0.2) is 25.0 Å². The Labute approximate surface area is 329 Å². The monoisotopic (exact) mass is 770 g/mol. The number of nitrogen functional groups attached to an aromatic ring is 5. The van der Waals surface area contributed by atoms with Crippen LogP contribution in [0.4, 0.5) is 28.4 Å². The molecular weight excluding hydrogens is 733 g/mol. The second kappa shape index (κ2) is 15.3. The average Bonchev–Trinajstić information content (AvgIpc) is 3.21. The number of fused-ring (bicyclic) bond motifs is 5. The first-order valence-corrected chi connectivity index (χ1v) is 19.3. The highest BCUT2D eigenvalue weighted by Gasteiger charge is 2.32. The van der Waals surface area contributed by atoms with Gasteiger partial charge >= 0.3 is 0 Å². The summed E-state index contributed by atoms with van der Waals surface area (Å²) in [4.78, 5) is 30.1. The topological polar surface area (TPSA) is 211 Å². The molecular formula is C46H38N6O4S. The van der Waals surface area contributed by atoms with Gasteiger partial charge in [0.25, 0.3) is 0 Å². The smallest absolute Gasteiger partial charge is 0.206 e. The van der Waals surface area contributed by atoms with Crippen LogP contribution in [0.2, 0.25) is 0 Å². The molecule has 0 spiro atoms. The molecule has 0 aliphatic heterocycles. The molecule has 9 rings (SSSR count). The fourth-order valence-electron chi connectivity index (χ4n) is 6.63. The summed E-state index contributed by atoms with van der Waals surface area (Å²) < 4.78 is 24.4.